The van der Waals surface area contributed by atoms with Crippen molar-refractivity contribution in [1.29, 1.82) is 0 Å². The van der Waals surface area contributed by atoms with E-state index in [-0.39, 0.29) is 12.2 Å². The molecule has 0 aliphatic carbocycles. The molecule has 0 saturated heterocycles. The molecular formula is C11H9Br2N3O3. The van der Waals surface area contributed by atoms with Gasteiger partial charge < -0.3 is 10.2 Å². The van der Waals surface area contributed by atoms with E-state index in [9.17, 15) is 15.0 Å². The molecule has 2 rings (SSSR count). The van der Waals surface area contributed by atoms with E-state index in [2.05, 4.69) is 42.1 Å². The van der Waals surface area contributed by atoms with Crippen molar-refractivity contribution in [2.75, 3.05) is 0 Å². The van der Waals surface area contributed by atoms with Gasteiger partial charge in [0.2, 0.25) is 0 Å². The highest BCUT2D eigenvalue weighted by Crippen LogP contribution is 2.23. The van der Waals surface area contributed by atoms with E-state index in [1.54, 1.807) is 12.1 Å². The fourth-order valence-electron chi connectivity index (χ4n) is 1.70. The predicted molar refractivity (Wildman–Crippen MR) is 74.6 cm³/mol. The van der Waals surface area contributed by atoms with Crippen LogP contribution in [0, 0.1) is 0 Å². The second kappa shape index (κ2) is 5.81. The summed E-state index contributed by atoms with van der Waals surface area (Å²) in [5.74, 6) is -0.248. The standard InChI is InChI=1S/C11H9Br2N3O3/c12-4-9-14-15-10(5-17)16(9)8-2-1-6(13)3-7(8)11(18)19/h1-3,17H,4-5H2,(H,18,19). The Hall–Kier alpha value is -1.25. The smallest absolute Gasteiger partial charge is 0.337 e. The first kappa shape index (κ1) is 14.2. The van der Waals surface area contributed by atoms with Crippen LogP contribution in [0.5, 0.6) is 0 Å². The van der Waals surface area contributed by atoms with Crippen LogP contribution in [0.3, 0.4) is 0 Å². The molecule has 0 fully saturated rings. The SMILES string of the molecule is O=C(O)c1cc(Br)ccc1-n1c(CO)nnc1CBr. The first-order chi connectivity index (χ1) is 9.08. The Morgan fingerprint density at radius 2 is 2.00 bits per heavy atom. The Bertz CT molecular complexity index is 606. The number of aliphatic hydroxyl groups is 1. The summed E-state index contributed by atoms with van der Waals surface area (Å²) >= 11 is 6.50. The van der Waals surface area contributed by atoms with Crippen LogP contribution >= 0.6 is 31.9 Å². The van der Waals surface area contributed by atoms with Crippen LogP contribution in [0.1, 0.15) is 22.0 Å². The van der Waals surface area contributed by atoms with Gasteiger partial charge in [0.25, 0.3) is 0 Å². The maximum atomic E-state index is 11.3. The first-order valence-corrected chi connectivity index (χ1v) is 7.13. The molecule has 2 aromatic rings. The summed E-state index contributed by atoms with van der Waals surface area (Å²) in [5, 5.41) is 26.7. The lowest BCUT2D eigenvalue weighted by Crippen LogP contribution is -2.10. The van der Waals surface area contributed by atoms with Crippen molar-refractivity contribution < 1.29 is 15.0 Å². The Labute approximate surface area is 125 Å². The molecule has 0 amide bonds. The van der Waals surface area contributed by atoms with Crippen molar-refractivity contribution in [2.24, 2.45) is 0 Å². The van der Waals surface area contributed by atoms with Gasteiger partial charge in [0.1, 0.15) is 12.4 Å². The molecule has 0 saturated carbocycles. The number of carboxylic acids is 1. The zero-order valence-corrected chi connectivity index (χ0v) is 12.7. The summed E-state index contributed by atoms with van der Waals surface area (Å²) in [4.78, 5) is 11.3. The van der Waals surface area contributed by atoms with E-state index >= 15 is 0 Å². The molecular weight excluding hydrogens is 382 g/mol. The molecule has 19 heavy (non-hydrogen) atoms. The first-order valence-electron chi connectivity index (χ1n) is 5.21. The van der Waals surface area contributed by atoms with E-state index in [4.69, 9.17) is 0 Å². The fourth-order valence-corrected chi connectivity index (χ4v) is 2.42. The molecule has 1 aromatic heterocycles. The molecule has 0 unspecified atom stereocenters. The number of carbonyl (C=O) groups is 1. The van der Waals surface area contributed by atoms with Gasteiger partial charge in [-0.25, -0.2) is 4.79 Å². The van der Waals surface area contributed by atoms with Crippen LogP contribution in [-0.2, 0) is 11.9 Å². The van der Waals surface area contributed by atoms with E-state index in [0.29, 0.717) is 27.1 Å². The summed E-state index contributed by atoms with van der Waals surface area (Å²) in [5.41, 5.74) is 0.519. The predicted octanol–water partition coefficient (Wildman–Crippen LogP) is 2.12. The molecule has 1 aromatic carbocycles. The minimum Gasteiger partial charge on any atom is -0.478 e. The van der Waals surface area contributed by atoms with Crippen molar-refractivity contribution in [1.82, 2.24) is 14.8 Å². The van der Waals surface area contributed by atoms with Gasteiger partial charge in [0.15, 0.2) is 5.82 Å². The third kappa shape index (κ3) is 2.70. The number of benzene rings is 1. The number of nitrogens with zero attached hydrogens (tertiary/aromatic N) is 3. The monoisotopic (exact) mass is 389 g/mol. The Balaban J connectivity index is 2.71. The highest BCUT2D eigenvalue weighted by Gasteiger charge is 2.18. The molecule has 0 radical (unpaired) electrons. The highest BCUT2D eigenvalue weighted by atomic mass is 79.9. The number of rotatable bonds is 4. The van der Waals surface area contributed by atoms with Gasteiger partial charge in [-0.15, -0.1) is 10.2 Å². The van der Waals surface area contributed by atoms with Crippen molar-refractivity contribution in [3.8, 4) is 5.69 Å². The number of halogens is 2. The van der Waals surface area contributed by atoms with E-state index in [1.165, 1.54) is 10.6 Å². The van der Waals surface area contributed by atoms with Crippen LogP contribution in [0.4, 0.5) is 0 Å². The van der Waals surface area contributed by atoms with E-state index in [0.717, 1.165) is 0 Å². The van der Waals surface area contributed by atoms with Crippen LogP contribution in [0.2, 0.25) is 0 Å². The van der Waals surface area contributed by atoms with Crippen LogP contribution < -0.4 is 0 Å². The molecule has 0 aliphatic heterocycles. The molecule has 1 heterocycles. The van der Waals surface area contributed by atoms with Crippen molar-refractivity contribution in [2.45, 2.75) is 11.9 Å². The normalized spacial score (nSPS) is 10.7. The number of hydrogen-bond acceptors (Lipinski definition) is 4. The van der Waals surface area contributed by atoms with Gasteiger partial charge in [-0.1, -0.05) is 31.9 Å². The Morgan fingerprint density at radius 3 is 2.58 bits per heavy atom. The Kier molecular flexibility index (Phi) is 4.33. The summed E-state index contributed by atoms with van der Waals surface area (Å²) < 4.78 is 2.19. The highest BCUT2D eigenvalue weighted by molar-refractivity contribution is 9.10. The lowest BCUT2D eigenvalue weighted by Gasteiger charge is -2.11. The molecule has 0 atom stereocenters. The van der Waals surface area contributed by atoms with Gasteiger partial charge in [-0.2, -0.15) is 0 Å². The third-order valence-corrected chi connectivity index (χ3v) is 3.48. The van der Waals surface area contributed by atoms with Gasteiger partial charge in [0.05, 0.1) is 16.6 Å². The number of aromatic nitrogens is 3. The van der Waals surface area contributed by atoms with Crippen LogP contribution in [0.25, 0.3) is 5.69 Å². The quantitative estimate of drug-likeness (QED) is 0.780. The molecule has 6 nitrogen and oxygen atoms in total. The zero-order chi connectivity index (χ0) is 14.0. The van der Waals surface area contributed by atoms with Crippen molar-refractivity contribution >= 4 is 37.8 Å². The summed E-state index contributed by atoms with van der Waals surface area (Å²) in [7, 11) is 0. The number of alkyl halides is 1. The Morgan fingerprint density at radius 1 is 1.32 bits per heavy atom. The molecule has 2 N–H and O–H groups in total. The number of aromatic carboxylic acids is 1. The minimum atomic E-state index is -1.06. The van der Waals surface area contributed by atoms with Crippen molar-refractivity contribution in [3.05, 3.63) is 39.9 Å². The zero-order valence-electron chi connectivity index (χ0n) is 9.55. The van der Waals surface area contributed by atoms with Gasteiger partial charge >= 0.3 is 5.97 Å². The number of hydrogen-bond donors (Lipinski definition) is 2. The summed E-state index contributed by atoms with van der Waals surface area (Å²) in [6.45, 7) is -0.324. The maximum Gasteiger partial charge on any atom is 0.337 e. The maximum absolute atomic E-state index is 11.3. The minimum absolute atomic E-state index is 0.103. The van der Waals surface area contributed by atoms with Crippen LogP contribution in [-0.4, -0.2) is 30.9 Å². The summed E-state index contributed by atoms with van der Waals surface area (Å²) in [6, 6.07) is 4.86. The van der Waals surface area contributed by atoms with E-state index in [1.807, 2.05) is 0 Å². The summed E-state index contributed by atoms with van der Waals surface area (Å²) in [6.07, 6.45) is 0. The van der Waals surface area contributed by atoms with Gasteiger partial charge in [0, 0.05) is 4.47 Å². The molecule has 100 valence electrons. The second-order valence-corrected chi connectivity index (χ2v) is 5.10. The average molecular weight is 391 g/mol. The molecule has 0 aliphatic rings. The van der Waals surface area contributed by atoms with Gasteiger partial charge in [-0.05, 0) is 18.2 Å². The average Bonchev–Trinajstić information content (AvgIpc) is 2.81. The van der Waals surface area contributed by atoms with Crippen molar-refractivity contribution in [3.63, 3.8) is 0 Å². The second-order valence-electron chi connectivity index (χ2n) is 3.63. The lowest BCUT2D eigenvalue weighted by atomic mass is 10.1. The molecule has 8 heteroatoms. The fraction of sp³-hybridized carbons (Fsp3) is 0.182. The molecule has 0 bridgehead atoms. The van der Waals surface area contributed by atoms with Crippen LogP contribution in [0.15, 0.2) is 22.7 Å². The number of aliphatic hydroxyl groups excluding tert-OH is 1. The van der Waals surface area contributed by atoms with Gasteiger partial charge in [-0.3, -0.25) is 4.57 Å². The molecule has 0 spiro atoms. The third-order valence-electron chi connectivity index (χ3n) is 2.49. The van der Waals surface area contributed by atoms with E-state index < -0.39 is 5.97 Å². The largest absolute Gasteiger partial charge is 0.478 e. The number of carboxylic acid groups (broad SMARTS) is 1. The lowest BCUT2D eigenvalue weighted by molar-refractivity contribution is 0.0696. The topological polar surface area (TPSA) is 88.2 Å².